The second kappa shape index (κ2) is 2.92. The highest BCUT2D eigenvalue weighted by atomic mass is 19.4. The molecule has 1 heterocycles. The van der Waals surface area contributed by atoms with Crippen LogP contribution in [-0.4, -0.2) is 21.5 Å². The fraction of sp³-hybridized carbons (Fsp3) is 0.400. The van der Waals surface area contributed by atoms with Crippen LogP contribution in [0.1, 0.15) is 5.69 Å². The average Bonchev–Trinajstić information content (AvgIpc) is 1.91. The summed E-state index contributed by atoms with van der Waals surface area (Å²) in [4.78, 5) is 3.25. The molecule has 1 rings (SSSR count). The van der Waals surface area contributed by atoms with E-state index in [1.165, 1.54) is 0 Å². The van der Waals surface area contributed by atoms with Crippen molar-refractivity contribution in [3.8, 4) is 6.01 Å². The van der Waals surface area contributed by atoms with Gasteiger partial charge in [0.25, 0.3) is 0 Å². The van der Waals surface area contributed by atoms with Crippen molar-refractivity contribution in [2.75, 3.05) is 0 Å². The number of hydrogen-bond donors (Lipinski definition) is 0. The predicted octanol–water partition coefficient (Wildman–Crippen LogP) is 1.08. The SMILES string of the molecule is Cc1cnc(OC(F)(F)F)nn1. The van der Waals surface area contributed by atoms with Crippen LogP contribution in [0, 0.1) is 6.92 Å². The highest BCUT2D eigenvalue weighted by Crippen LogP contribution is 2.17. The Morgan fingerprint density at radius 1 is 1.33 bits per heavy atom. The van der Waals surface area contributed by atoms with Crippen molar-refractivity contribution in [3.05, 3.63) is 11.9 Å². The van der Waals surface area contributed by atoms with Crippen molar-refractivity contribution in [1.29, 1.82) is 0 Å². The van der Waals surface area contributed by atoms with Crippen molar-refractivity contribution >= 4 is 0 Å². The third-order valence-electron chi connectivity index (χ3n) is 0.862. The summed E-state index contributed by atoms with van der Waals surface area (Å²) < 4.78 is 37.9. The molecule has 12 heavy (non-hydrogen) atoms. The molecule has 0 bridgehead atoms. The molecule has 66 valence electrons. The minimum absolute atomic E-state index is 0.421. The summed E-state index contributed by atoms with van der Waals surface area (Å²) in [6.45, 7) is 1.55. The average molecular weight is 179 g/mol. The van der Waals surface area contributed by atoms with Crippen molar-refractivity contribution in [2.24, 2.45) is 0 Å². The summed E-state index contributed by atoms with van der Waals surface area (Å²) in [6, 6.07) is -0.798. The van der Waals surface area contributed by atoms with E-state index in [-0.39, 0.29) is 0 Å². The summed E-state index contributed by atoms with van der Waals surface area (Å²) in [7, 11) is 0. The molecule has 0 saturated carbocycles. The van der Waals surface area contributed by atoms with E-state index in [4.69, 9.17) is 0 Å². The van der Waals surface area contributed by atoms with Crippen molar-refractivity contribution in [3.63, 3.8) is 0 Å². The zero-order valence-corrected chi connectivity index (χ0v) is 5.96. The minimum Gasteiger partial charge on any atom is -0.369 e. The Labute approximate surface area is 65.4 Å². The van der Waals surface area contributed by atoms with Gasteiger partial charge in [0, 0.05) is 0 Å². The summed E-state index contributed by atoms with van der Waals surface area (Å²) in [5, 5.41) is 6.39. The number of rotatable bonds is 1. The summed E-state index contributed by atoms with van der Waals surface area (Å²) in [5.41, 5.74) is 0.421. The van der Waals surface area contributed by atoms with Gasteiger partial charge in [0.05, 0.1) is 11.9 Å². The maximum absolute atomic E-state index is 11.5. The predicted molar refractivity (Wildman–Crippen MR) is 31.2 cm³/mol. The number of halogens is 3. The quantitative estimate of drug-likeness (QED) is 0.647. The molecule has 0 aromatic carbocycles. The molecule has 0 atom stereocenters. The van der Waals surface area contributed by atoms with Crippen LogP contribution in [-0.2, 0) is 0 Å². The molecule has 0 saturated heterocycles. The van der Waals surface area contributed by atoms with Crippen LogP contribution in [0.25, 0.3) is 0 Å². The van der Waals surface area contributed by atoms with Gasteiger partial charge in [-0.05, 0) is 6.92 Å². The fourth-order valence-corrected chi connectivity index (χ4v) is 0.472. The summed E-state index contributed by atoms with van der Waals surface area (Å²) in [5.74, 6) is 0. The zero-order valence-electron chi connectivity index (χ0n) is 5.96. The monoisotopic (exact) mass is 179 g/mol. The van der Waals surface area contributed by atoms with Crippen molar-refractivity contribution in [2.45, 2.75) is 13.3 Å². The van der Waals surface area contributed by atoms with Gasteiger partial charge in [0.1, 0.15) is 0 Å². The third-order valence-corrected chi connectivity index (χ3v) is 0.862. The summed E-state index contributed by atoms with van der Waals surface area (Å²) in [6.07, 6.45) is -3.63. The molecule has 0 amide bonds. The normalized spacial score (nSPS) is 11.3. The second-order valence-corrected chi connectivity index (χ2v) is 1.93. The van der Waals surface area contributed by atoms with Crippen LogP contribution in [0.3, 0.4) is 0 Å². The first-order chi connectivity index (χ1) is 5.47. The molecule has 0 fully saturated rings. The van der Waals surface area contributed by atoms with E-state index in [2.05, 4.69) is 19.9 Å². The highest BCUT2D eigenvalue weighted by molar-refractivity contribution is 4.94. The van der Waals surface area contributed by atoms with Crippen molar-refractivity contribution in [1.82, 2.24) is 15.2 Å². The maximum atomic E-state index is 11.5. The maximum Gasteiger partial charge on any atom is 0.575 e. The van der Waals surface area contributed by atoms with E-state index in [0.29, 0.717) is 5.69 Å². The standard InChI is InChI=1S/C5H4F3N3O/c1-3-2-9-4(11-10-3)12-5(6,7)8/h2H,1H3. The lowest BCUT2D eigenvalue weighted by atomic mass is 10.6. The lowest BCUT2D eigenvalue weighted by molar-refractivity contribution is -0.278. The Morgan fingerprint density at radius 2 is 2.00 bits per heavy atom. The van der Waals surface area contributed by atoms with Crippen LogP contribution >= 0.6 is 0 Å². The first kappa shape index (κ1) is 8.69. The Kier molecular flexibility index (Phi) is 2.11. The molecule has 0 N–H and O–H groups in total. The number of hydrogen-bond acceptors (Lipinski definition) is 4. The lowest BCUT2D eigenvalue weighted by Gasteiger charge is -2.04. The van der Waals surface area contributed by atoms with Crippen LogP contribution in [0.5, 0.6) is 6.01 Å². The minimum atomic E-state index is -4.77. The van der Waals surface area contributed by atoms with E-state index < -0.39 is 12.4 Å². The molecule has 0 aliphatic carbocycles. The van der Waals surface area contributed by atoms with Crippen LogP contribution in [0.15, 0.2) is 6.20 Å². The number of ether oxygens (including phenoxy) is 1. The van der Waals surface area contributed by atoms with Gasteiger partial charge in [-0.2, -0.15) is 0 Å². The number of aromatic nitrogens is 3. The molecule has 4 nitrogen and oxygen atoms in total. The van der Waals surface area contributed by atoms with E-state index in [9.17, 15) is 13.2 Å². The van der Waals surface area contributed by atoms with Gasteiger partial charge in [-0.15, -0.1) is 18.3 Å². The Morgan fingerprint density at radius 3 is 2.42 bits per heavy atom. The molecule has 0 aliphatic heterocycles. The Balaban J connectivity index is 2.71. The molecule has 7 heteroatoms. The van der Waals surface area contributed by atoms with E-state index in [1.807, 2.05) is 0 Å². The largest absolute Gasteiger partial charge is 0.575 e. The van der Waals surface area contributed by atoms with Gasteiger partial charge < -0.3 is 4.74 Å². The summed E-state index contributed by atoms with van der Waals surface area (Å²) >= 11 is 0. The van der Waals surface area contributed by atoms with Gasteiger partial charge in [0.2, 0.25) is 0 Å². The van der Waals surface area contributed by atoms with Gasteiger partial charge in [0.15, 0.2) is 0 Å². The molecule has 0 aliphatic rings. The van der Waals surface area contributed by atoms with Gasteiger partial charge >= 0.3 is 12.4 Å². The van der Waals surface area contributed by atoms with E-state index in [1.54, 1.807) is 6.92 Å². The second-order valence-electron chi connectivity index (χ2n) is 1.93. The van der Waals surface area contributed by atoms with E-state index in [0.717, 1.165) is 6.20 Å². The number of nitrogens with zero attached hydrogens (tertiary/aromatic N) is 3. The molecule has 1 aromatic heterocycles. The van der Waals surface area contributed by atoms with Crippen LogP contribution in [0.4, 0.5) is 13.2 Å². The van der Waals surface area contributed by atoms with Gasteiger partial charge in [-0.25, -0.2) is 4.98 Å². The van der Waals surface area contributed by atoms with Crippen LogP contribution < -0.4 is 4.74 Å². The zero-order chi connectivity index (χ0) is 9.19. The fourth-order valence-electron chi connectivity index (χ4n) is 0.472. The molecule has 1 aromatic rings. The van der Waals surface area contributed by atoms with Crippen LogP contribution in [0.2, 0.25) is 0 Å². The molecular weight excluding hydrogens is 175 g/mol. The Bertz CT molecular complexity index is 258. The first-order valence-corrected chi connectivity index (χ1v) is 2.89. The number of aryl methyl sites for hydroxylation is 1. The van der Waals surface area contributed by atoms with Gasteiger partial charge in [-0.3, -0.25) is 0 Å². The van der Waals surface area contributed by atoms with Gasteiger partial charge in [-0.1, -0.05) is 5.10 Å². The van der Waals surface area contributed by atoms with Crippen molar-refractivity contribution < 1.29 is 17.9 Å². The smallest absolute Gasteiger partial charge is 0.369 e. The number of alkyl halides is 3. The topological polar surface area (TPSA) is 47.9 Å². The molecule has 0 spiro atoms. The molecule has 0 radical (unpaired) electrons. The molecule has 0 unspecified atom stereocenters. The first-order valence-electron chi connectivity index (χ1n) is 2.89. The molecular formula is C5H4F3N3O. The van der Waals surface area contributed by atoms with E-state index >= 15 is 0 Å². The lowest BCUT2D eigenvalue weighted by Crippen LogP contribution is -2.19. The third kappa shape index (κ3) is 2.69. The Hall–Kier alpha value is -1.40. The highest BCUT2D eigenvalue weighted by Gasteiger charge is 2.32.